The number of likely N-dealkylation sites (N-methyl/N-ethyl adjacent to an activating group) is 1. The van der Waals surface area contributed by atoms with E-state index in [4.69, 9.17) is 4.74 Å². The third-order valence-corrected chi connectivity index (χ3v) is 6.15. The molecule has 1 amide bonds. The highest BCUT2D eigenvalue weighted by atomic mass is 32.2. The Balaban J connectivity index is 1.69. The number of carbonyl (C=O) groups is 2. The molecule has 6 heteroatoms. The SMILES string of the molecule is CCOCCC(C(=O)O)N(C)C(=O)SCC1c2ccccc2-c2ccccc21. The molecule has 0 radical (unpaired) electrons. The van der Waals surface area contributed by atoms with E-state index in [1.165, 1.54) is 38.9 Å². The van der Waals surface area contributed by atoms with Crippen molar-refractivity contribution in [1.29, 1.82) is 0 Å². The second-order valence-electron chi connectivity index (χ2n) is 6.75. The van der Waals surface area contributed by atoms with Crippen molar-refractivity contribution in [2.75, 3.05) is 26.0 Å². The number of ether oxygens (including phenoxy) is 1. The highest BCUT2D eigenvalue weighted by Gasteiger charge is 2.31. The van der Waals surface area contributed by atoms with Gasteiger partial charge in [-0.05, 0) is 29.2 Å². The summed E-state index contributed by atoms with van der Waals surface area (Å²) in [5, 5.41) is 9.24. The van der Waals surface area contributed by atoms with E-state index in [-0.39, 0.29) is 17.6 Å². The third-order valence-electron chi connectivity index (χ3n) is 5.12. The summed E-state index contributed by atoms with van der Waals surface area (Å²) in [4.78, 5) is 25.6. The van der Waals surface area contributed by atoms with Crippen LogP contribution < -0.4 is 0 Å². The number of carboxylic acid groups (broad SMARTS) is 1. The first-order chi connectivity index (χ1) is 13.5. The summed E-state index contributed by atoms with van der Waals surface area (Å²) in [6, 6.07) is 15.7. The molecule has 2 aromatic rings. The molecule has 1 N–H and O–H groups in total. The van der Waals surface area contributed by atoms with Crippen molar-refractivity contribution in [3.8, 4) is 11.1 Å². The van der Waals surface area contributed by atoms with Gasteiger partial charge in [-0.15, -0.1) is 0 Å². The van der Waals surface area contributed by atoms with Gasteiger partial charge >= 0.3 is 5.97 Å². The second kappa shape index (κ2) is 9.26. The average Bonchev–Trinajstić information content (AvgIpc) is 3.02. The zero-order valence-corrected chi connectivity index (χ0v) is 16.9. The van der Waals surface area contributed by atoms with Crippen LogP contribution in [0.5, 0.6) is 0 Å². The van der Waals surface area contributed by atoms with E-state index in [9.17, 15) is 14.7 Å². The van der Waals surface area contributed by atoms with Crippen LogP contribution in [0.4, 0.5) is 4.79 Å². The van der Waals surface area contributed by atoms with E-state index in [1.54, 1.807) is 7.05 Å². The first-order valence-corrected chi connectivity index (χ1v) is 10.4. The van der Waals surface area contributed by atoms with Crippen molar-refractivity contribution in [2.45, 2.75) is 25.3 Å². The quantitative estimate of drug-likeness (QED) is 0.664. The minimum Gasteiger partial charge on any atom is -0.480 e. The van der Waals surface area contributed by atoms with Crippen LogP contribution in [0.15, 0.2) is 48.5 Å². The van der Waals surface area contributed by atoms with Gasteiger partial charge in [-0.25, -0.2) is 4.79 Å². The molecule has 0 saturated heterocycles. The molecule has 2 aromatic carbocycles. The Hall–Kier alpha value is -2.31. The molecule has 3 rings (SSSR count). The van der Waals surface area contributed by atoms with Gasteiger partial charge in [0.25, 0.3) is 5.24 Å². The van der Waals surface area contributed by atoms with E-state index in [0.29, 0.717) is 19.0 Å². The molecule has 0 aromatic heterocycles. The first-order valence-electron chi connectivity index (χ1n) is 9.43. The van der Waals surface area contributed by atoms with E-state index in [1.807, 2.05) is 31.2 Å². The third kappa shape index (κ3) is 4.23. The number of carbonyl (C=O) groups excluding carboxylic acids is 1. The molecule has 1 atom stereocenters. The maximum atomic E-state index is 12.7. The molecule has 1 aliphatic rings. The number of hydrogen-bond acceptors (Lipinski definition) is 4. The van der Waals surface area contributed by atoms with Crippen LogP contribution in [0.25, 0.3) is 11.1 Å². The molecule has 1 unspecified atom stereocenters. The Bertz CT molecular complexity index is 808. The maximum absolute atomic E-state index is 12.7. The molecule has 1 aliphatic carbocycles. The van der Waals surface area contributed by atoms with Crippen LogP contribution in [0.2, 0.25) is 0 Å². The van der Waals surface area contributed by atoms with Gasteiger partial charge in [0.2, 0.25) is 0 Å². The number of fused-ring (bicyclic) bond motifs is 3. The van der Waals surface area contributed by atoms with Crippen LogP contribution in [0, 0.1) is 0 Å². The molecule has 0 bridgehead atoms. The minimum absolute atomic E-state index is 0.126. The Morgan fingerprint density at radius 3 is 2.21 bits per heavy atom. The van der Waals surface area contributed by atoms with Crippen LogP contribution in [0.3, 0.4) is 0 Å². The van der Waals surface area contributed by atoms with Gasteiger partial charge in [-0.3, -0.25) is 4.79 Å². The monoisotopic (exact) mass is 399 g/mol. The van der Waals surface area contributed by atoms with Crippen LogP contribution >= 0.6 is 11.8 Å². The van der Waals surface area contributed by atoms with E-state index in [2.05, 4.69) is 24.3 Å². The lowest BCUT2D eigenvalue weighted by molar-refractivity contribution is -0.142. The highest BCUT2D eigenvalue weighted by Crippen LogP contribution is 2.45. The molecule has 28 heavy (non-hydrogen) atoms. The normalized spacial score (nSPS) is 13.6. The van der Waals surface area contributed by atoms with E-state index in [0.717, 1.165) is 0 Å². The molecule has 148 valence electrons. The Labute approximate surface area is 169 Å². The minimum atomic E-state index is -1.01. The molecule has 5 nitrogen and oxygen atoms in total. The lowest BCUT2D eigenvalue weighted by Gasteiger charge is -2.25. The van der Waals surface area contributed by atoms with Gasteiger partial charge < -0.3 is 14.7 Å². The number of benzene rings is 2. The van der Waals surface area contributed by atoms with Gasteiger partial charge in [-0.1, -0.05) is 60.3 Å². The number of aliphatic carboxylic acids is 1. The van der Waals surface area contributed by atoms with Crippen LogP contribution in [-0.2, 0) is 9.53 Å². The average molecular weight is 400 g/mol. The summed E-state index contributed by atoms with van der Waals surface area (Å²) in [5.41, 5.74) is 4.87. The smallest absolute Gasteiger partial charge is 0.326 e. The molecule has 0 aliphatic heterocycles. The number of carboxylic acids is 1. The fourth-order valence-electron chi connectivity index (χ4n) is 3.65. The fraction of sp³-hybridized carbons (Fsp3) is 0.364. The van der Waals surface area contributed by atoms with Gasteiger partial charge in [0.05, 0.1) is 0 Å². The zero-order chi connectivity index (χ0) is 20.1. The Morgan fingerprint density at radius 1 is 1.11 bits per heavy atom. The second-order valence-corrected chi connectivity index (χ2v) is 7.73. The summed E-state index contributed by atoms with van der Waals surface area (Å²) >= 11 is 1.18. The van der Waals surface area contributed by atoms with E-state index >= 15 is 0 Å². The first kappa shape index (κ1) is 20.4. The van der Waals surface area contributed by atoms with Crippen molar-refractivity contribution in [3.63, 3.8) is 0 Å². The van der Waals surface area contributed by atoms with Crippen molar-refractivity contribution in [1.82, 2.24) is 4.90 Å². The molecule has 0 heterocycles. The van der Waals surface area contributed by atoms with Crippen LogP contribution in [-0.4, -0.2) is 53.3 Å². The molecule has 0 saturated carbocycles. The predicted molar refractivity (Wildman–Crippen MR) is 112 cm³/mol. The number of hydrogen-bond donors (Lipinski definition) is 1. The Kier molecular flexibility index (Phi) is 6.75. The van der Waals surface area contributed by atoms with Crippen LogP contribution in [0.1, 0.15) is 30.4 Å². The van der Waals surface area contributed by atoms with Gasteiger partial charge in [-0.2, -0.15) is 0 Å². The fourth-order valence-corrected chi connectivity index (χ4v) is 4.64. The van der Waals surface area contributed by atoms with E-state index < -0.39 is 12.0 Å². The summed E-state index contributed by atoms with van der Waals surface area (Å²) in [7, 11) is 1.55. The van der Waals surface area contributed by atoms with Crippen molar-refractivity contribution >= 4 is 23.0 Å². The number of rotatable bonds is 8. The molecule has 0 spiro atoms. The number of amides is 1. The lowest BCUT2D eigenvalue weighted by Crippen LogP contribution is -2.41. The van der Waals surface area contributed by atoms with Crippen molar-refractivity contribution < 1.29 is 19.4 Å². The van der Waals surface area contributed by atoms with Gasteiger partial charge in [0.1, 0.15) is 6.04 Å². The lowest BCUT2D eigenvalue weighted by atomic mass is 9.99. The van der Waals surface area contributed by atoms with Crippen molar-refractivity contribution in [3.05, 3.63) is 59.7 Å². The van der Waals surface area contributed by atoms with Gasteiger partial charge in [0, 0.05) is 38.4 Å². The number of nitrogens with zero attached hydrogens (tertiary/aromatic N) is 1. The topological polar surface area (TPSA) is 66.8 Å². The zero-order valence-electron chi connectivity index (χ0n) is 16.1. The number of thioether (sulfide) groups is 1. The summed E-state index contributed by atoms with van der Waals surface area (Å²) in [6.45, 7) is 2.70. The molecule has 0 fully saturated rings. The summed E-state index contributed by atoms with van der Waals surface area (Å²) in [6.07, 6.45) is 0.279. The standard InChI is InChI=1S/C22H25NO4S/c1-3-27-13-12-20(21(24)25)23(2)22(26)28-14-19-17-10-6-4-8-15(17)16-9-5-7-11-18(16)19/h4-11,19-20H,3,12-14H2,1-2H3,(H,24,25). The maximum Gasteiger partial charge on any atom is 0.326 e. The van der Waals surface area contributed by atoms with Gasteiger partial charge in [0.15, 0.2) is 0 Å². The Morgan fingerprint density at radius 2 is 1.68 bits per heavy atom. The summed E-state index contributed by atoms with van der Waals surface area (Å²) in [5.74, 6) is -0.302. The molecular weight excluding hydrogens is 374 g/mol. The largest absolute Gasteiger partial charge is 0.480 e. The predicted octanol–water partition coefficient (Wildman–Crippen LogP) is 4.46. The highest BCUT2D eigenvalue weighted by molar-refractivity contribution is 8.13. The molecular formula is C22H25NO4S. The van der Waals surface area contributed by atoms with Crippen molar-refractivity contribution in [2.24, 2.45) is 0 Å². The summed E-state index contributed by atoms with van der Waals surface area (Å²) < 4.78 is 5.26.